The first-order valence-corrected chi connectivity index (χ1v) is 9.86. The van der Waals surface area contributed by atoms with E-state index in [1.54, 1.807) is 7.11 Å². The minimum Gasteiger partial charge on any atom is -0.496 e. The molecule has 0 fully saturated rings. The Balaban J connectivity index is 2.62. The van der Waals surface area contributed by atoms with Crippen molar-refractivity contribution in [2.75, 3.05) is 7.11 Å². The quantitative estimate of drug-likeness (QED) is 0.786. The summed E-state index contributed by atoms with van der Waals surface area (Å²) < 4.78 is 10.9. The Kier molecular flexibility index (Phi) is 3.48. The molecule has 98 valence electrons. The van der Waals surface area contributed by atoms with E-state index in [1.165, 1.54) is 16.5 Å². The Bertz CT molecular complexity index is 489. The van der Waals surface area contributed by atoms with Gasteiger partial charge in [-0.3, -0.25) is 0 Å². The minimum absolute atomic E-state index is 0.557. The lowest BCUT2D eigenvalue weighted by molar-refractivity contribution is 0.225. The van der Waals surface area contributed by atoms with Gasteiger partial charge in [-0.25, -0.2) is 4.98 Å². The SMILES string of the molecule is CCC1=COCc2c1cc([Si](C)(C)C)nc2OC. The average Bonchev–Trinajstić information content (AvgIpc) is 2.35. The van der Waals surface area contributed by atoms with E-state index in [2.05, 4.69) is 37.6 Å². The summed E-state index contributed by atoms with van der Waals surface area (Å²) in [7, 11) is 0.239. The molecule has 1 aliphatic rings. The number of aromatic nitrogens is 1. The van der Waals surface area contributed by atoms with Crippen LogP contribution in [-0.2, 0) is 11.3 Å². The first-order chi connectivity index (χ1) is 8.47. The van der Waals surface area contributed by atoms with Gasteiger partial charge in [0.25, 0.3) is 0 Å². The van der Waals surface area contributed by atoms with Gasteiger partial charge in [0.05, 0.1) is 18.9 Å². The van der Waals surface area contributed by atoms with E-state index < -0.39 is 8.07 Å². The molecule has 0 saturated carbocycles. The fraction of sp³-hybridized carbons (Fsp3) is 0.500. The lowest BCUT2D eigenvalue weighted by Crippen LogP contribution is -2.40. The molecule has 18 heavy (non-hydrogen) atoms. The third-order valence-corrected chi connectivity index (χ3v) is 5.02. The van der Waals surface area contributed by atoms with Crippen LogP contribution >= 0.6 is 0 Å². The highest BCUT2D eigenvalue weighted by Crippen LogP contribution is 2.31. The van der Waals surface area contributed by atoms with Gasteiger partial charge in [0.1, 0.15) is 14.7 Å². The molecule has 4 heteroatoms. The van der Waals surface area contributed by atoms with Crippen molar-refractivity contribution in [3.63, 3.8) is 0 Å². The van der Waals surface area contributed by atoms with Gasteiger partial charge < -0.3 is 9.47 Å². The van der Waals surface area contributed by atoms with Crippen molar-refractivity contribution in [3.05, 3.63) is 23.5 Å². The first-order valence-electron chi connectivity index (χ1n) is 6.36. The maximum absolute atomic E-state index is 5.50. The zero-order valence-corrected chi connectivity index (χ0v) is 12.8. The van der Waals surface area contributed by atoms with Gasteiger partial charge in [-0.1, -0.05) is 26.6 Å². The summed E-state index contributed by atoms with van der Waals surface area (Å²) in [6, 6.07) is 2.24. The van der Waals surface area contributed by atoms with Crippen molar-refractivity contribution in [2.45, 2.75) is 39.6 Å². The van der Waals surface area contributed by atoms with Gasteiger partial charge in [0.15, 0.2) is 0 Å². The molecule has 1 aromatic heterocycles. The number of allylic oxidation sites excluding steroid dienone is 1. The molecule has 0 bridgehead atoms. The fourth-order valence-electron chi connectivity index (χ4n) is 2.09. The molecule has 3 nitrogen and oxygen atoms in total. The number of methoxy groups -OCH3 is 1. The summed E-state index contributed by atoms with van der Waals surface area (Å²) >= 11 is 0. The standard InChI is InChI=1S/C14H21NO2Si/c1-6-10-8-17-9-12-11(10)7-13(18(3,4)5)15-14(12)16-2/h7-8H,6,9H2,1-5H3. The summed E-state index contributed by atoms with van der Waals surface area (Å²) in [6.07, 6.45) is 2.83. The minimum atomic E-state index is -1.44. The number of fused-ring (bicyclic) bond motifs is 1. The predicted molar refractivity (Wildman–Crippen MR) is 76.8 cm³/mol. The number of hydrogen-bond donors (Lipinski definition) is 0. The van der Waals surface area contributed by atoms with E-state index in [0.29, 0.717) is 6.61 Å². The Morgan fingerprint density at radius 1 is 1.39 bits per heavy atom. The molecule has 0 radical (unpaired) electrons. The summed E-state index contributed by atoms with van der Waals surface area (Å²) in [5, 5.41) is 1.19. The van der Waals surface area contributed by atoms with Gasteiger partial charge in [-0.2, -0.15) is 0 Å². The van der Waals surface area contributed by atoms with Crippen molar-refractivity contribution in [3.8, 4) is 5.88 Å². The molecule has 0 aromatic carbocycles. The van der Waals surface area contributed by atoms with E-state index in [-0.39, 0.29) is 0 Å². The fourth-order valence-corrected chi connectivity index (χ4v) is 3.10. The summed E-state index contributed by atoms with van der Waals surface area (Å²) in [4.78, 5) is 4.68. The van der Waals surface area contributed by atoms with Gasteiger partial charge in [0, 0.05) is 5.32 Å². The first kappa shape index (κ1) is 13.1. The Hall–Kier alpha value is -1.29. The molecule has 2 heterocycles. The van der Waals surface area contributed by atoms with E-state index in [9.17, 15) is 0 Å². The molecule has 1 aromatic rings. The van der Waals surface area contributed by atoms with Crippen LogP contribution in [0.4, 0.5) is 0 Å². The highest BCUT2D eigenvalue weighted by Gasteiger charge is 2.25. The van der Waals surface area contributed by atoms with Gasteiger partial charge in [-0.15, -0.1) is 0 Å². The third-order valence-electron chi connectivity index (χ3n) is 3.23. The molecular weight excluding hydrogens is 242 g/mol. The molecule has 0 N–H and O–H groups in total. The number of pyridine rings is 1. The lowest BCUT2D eigenvalue weighted by Gasteiger charge is -2.24. The van der Waals surface area contributed by atoms with Crippen molar-refractivity contribution in [2.24, 2.45) is 0 Å². The maximum Gasteiger partial charge on any atom is 0.220 e. The molecule has 0 aliphatic carbocycles. The lowest BCUT2D eigenvalue weighted by atomic mass is 9.99. The number of ether oxygens (including phenoxy) is 2. The number of hydrogen-bond acceptors (Lipinski definition) is 3. The molecule has 1 aliphatic heterocycles. The van der Waals surface area contributed by atoms with Crippen LogP contribution in [0.3, 0.4) is 0 Å². The predicted octanol–water partition coefficient (Wildman–Crippen LogP) is 2.92. The molecule has 0 saturated heterocycles. The van der Waals surface area contributed by atoms with Crippen LogP contribution in [-0.4, -0.2) is 20.2 Å². The van der Waals surface area contributed by atoms with Gasteiger partial charge >= 0.3 is 0 Å². The molecule has 2 rings (SSSR count). The Morgan fingerprint density at radius 2 is 2.11 bits per heavy atom. The van der Waals surface area contributed by atoms with E-state index in [1.807, 2.05) is 6.26 Å². The zero-order valence-electron chi connectivity index (χ0n) is 11.8. The highest BCUT2D eigenvalue weighted by molar-refractivity contribution is 6.88. The van der Waals surface area contributed by atoms with Crippen molar-refractivity contribution >= 4 is 19.0 Å². The Morgan fingerprint density at radius 3 is 2.67 bits per heavy atom. The van der Waals surface area contributed by atoms with Crippen molar-refractivity contribution in [1.29, 1.82) is 0 Å². The van der Waals surface area contributed by atoms with E-state index >= 15 is 0 Å². The van der Waals surface area contributed by atoms with Crippen molar-refractivity contribution in [1.82, 2.24) is 4.98 Å². The smallest absolute Gasteiger partial charge is 0.220 e. The molecule has 0 amide bonds. The molecular formula is C14H21NO2Si. The van der Waals surface area contributed by atoms with E-state index in [4.69, 9.17) is 9.47 Å². The second-order valence-corrected chi connectivity index (χ2v) is 10.6. The van der Waals surface area contributed by atoms with Crippen LogP contribution in [0.15, 0.2) is 12.3 Å². The maximum atomic E-state index is 5.50. The van der Waals surface area contributed by atoms with Gasteiger partial charge in [0.2, 0.25) is 5.88 Å². The van der Waals surface area contributed by atoms with E-state index in [0.717, 1.165) is 17.9 Å². The molecule has 0 spiro atoms. The monoisotopic (exact) mass is 263 g/mol. The van der Waals surface area contributed by atoms with Crippen LogP contribution in [0.1, 0.15) is 24.5 Å². The largest absolute Gasteiger partial charge is 0.496 e. The van der Waals surface area contributed by atoms with Crippen LogP contribution in [0.2, 0.25) is 19.6 Å². The van der Waals surface area contributed by atoms with Crippen molar-refractivity contribution < 1.29 is 9.47 Å². The summed E-state index contributed by atoms with van der Waals surface area (Å²) in [5.41, 5.74) is 3.57. The number of nitrogens with zero attached hydrogens (tertiary/aromatic N) is 1. The average molecular weight is 263 g/mol. The second kappa shape index (κ2) is 4.76. The highest BCUT2D eigenvalue weighted by atomic mass is 28.3. The summed E-state index contributed by atoms with van der Waals surface area (Å²) in [5.74, 6) is 0.726. The van der Waals surface area contributed by atoms with Crippen LogP contribution in [0, 0.1) is 0 Å². The topological polar surface area (TPSA) is 31.4 Å². The third kappa shape index (κ3) is 2.29. The van der Waals surface area contributed by atoms with Crippen LogP contribution in [0.5, 0.6) is 5.88 Å². The second-order valence-electron chi connectivity index (χ2n) is 5.60. The zero-order chi connectivity index (χ0) is 13.3. The van der Waals surface area contributed by atoms with Crippen LogP contribution in [0.25, 0.3) is 5.57 Å². The molecule has 0 atom stereocenters. The summed E-state index contributed by atoms with van der Waals surface area (Å²) in [6.45, 7) is 9.61. The number of rotatable bonds is 3. The van der Waals surface area contributed by atoms with Gasteiger partial charge in [-0.05, 0) is 23.6 Å². The normalized spacial score (nSPS) is 14.6. The molecule has 0 unspecified atom stereocenters. The Labute approximate surface area is 110 Å². The van der Waals surface area contributed by atoms with Crippen LogP contribution < -0.4 is 10.1 Å².